The smallest absolute Gasteiger partial charge is 0.337 e. The number of nitrogens with two attached hydrogens (primary N) is 1. The number of nitrogen functional groups attached to an aromatic ring is 1. The van der Waals surface area contributed by atoms with Crippen molar-refractivity contribution in [1.29, 1.82) is 0 Å². The Morgan fingerprint density at radius 2 is 2.21 bits per heavy atom. The number of rotatable bonds is 3. The Labute approximate surface area is 110 Å². The van der Waals surface area contributed by atoms with Crippen LogP contribution in [0.4, 0.5) is 11.4 Å². The van der Waals surface area contributed by atoms with Crippen LogP contribution in [0.1, 0.15) is 23.7 Å². The van der Waals surface area contributed by atoms with E-state index in [2.05, 4.69) is 5.32 Å². The van der Waals surface area contributed by atoms with Crippen LogP contribution in [0.2, 0.25) is 0 Å². The van der Waals surface area contributed by atoms with Crippen LogP contribution in [0.15, 0.2) is 18.2 Å². The highest BCUT2D eigenvalue weighted by Crippen LogP contribution is 2.24. The van der Waals surface area contributed by atoms with E-state index in [4.69, 9.17) is 15.6 Å². The van der Waals surface area contributed by atoms with Gasteiger partial charge in [-0.15, -0.1) is 0 Å². The number of carboxylic acid groups (broad SMARTS) is 1. The van der Waals surface area contributed by atoms with Crippen LogP contribution in [-0.4, -0.2) is 29.7 Å². The molecule has 1 amide bonds. The zero-order chi connectivity index (χ0) is 14.0. The maximum Gasteiger partial charge on any atom is 0.337 e. The maximum atomic E-state index is 12.0. The number of ether oxygens (including phenoxy) is 1. The lowest BCUT2D eigenvalue weighted by molar-refractivity contribution is -0.126. The first kappa shape index (κ1) is 13.4. The van der Waals surface area contributed by atoms with E-state index in [1.54, 1.807) is 0 Å². The molecule has 1 heterocycles. The number of carbonyl (C=O) groups is 2. The molecule has 0 spiro atoms. The minimum Gasteiger partial charge on any atom is -0.478 e. The molecule has 1 aromatic rings. The van der Waals surface area contributed by atoms with Crippen LogP contribution in [-0.2, 0) is 9.53 Å². The van der Waals surface area contributed by atoms with Crippen molar-refractivity contribution in [3.05, 3.63) is 23.8 Å². The monoisotopic (exact) mass is 264 g/mol. The van der Waals surface area contributed by atoms with Crippen molar-refractivity contribution in [3.63, 3.8) is 0 Å². The van der Waals surface area contributed by atoms with Gasteiger partial charge in [-0.2, -0.15) is 0 Å². The van der Waals surface area contributed by atoms with Gasteiger partial charge in [-0.25, -0.2) is 4.79 Å². The second-order valence-electron chi connectivity index (χ2n) is 4.66. The molecule has 1 aromatic carbocycles. The molecule has 2 rings (SSSR count). The first-order chi connectivity index (χ1) is 8.99. The molecule has 1 aliphatic heterocycles. The van der Waals surface area contributed by atoms with Crippen LogP contribution in [0.25, 0.3) is 0 Å². The van der Waals surface area contributed by atoms with Gasteiger partial charge in [-0.05, 0) is 30.5 Å². The Balaban J connectivity index is 2.20. The Morgan fingerprint density at radius 1 is 1.47 bits per heavy atom. The van der Waals surface area contributed by atoms with Gasteiger partial charge in [0, 0.05) is 12.3 Å². The summed E-state index contributed by atoms with van der Waals surface area (Å²) in [6, 6.07) is 4.28. The number of anilines is 2. The molecule has 0 bridgehead atoms. The van der Waals surface area contributed by atoms with Crippen molar-refractivity contribution >= 4 is 23.3 Å². The Kier molecular flexibility index (Phi) is 3.71. The molecular formula is C13H16N2O4. The van der Waals surface area contributed by atoms with Crippen molar-refractivity contribution in [2.24, 2.45) is 5.92 Å². The second-order valence-corrected chi connectivity index (χ2v) is 4.66. The molecule has 4 N–H and O–H groups in total. The molecule has 19 heavy (non-hydrogen) atoms. The van der Waals surface area contributed by atoms with Gasteiger partial charge in [0.1, 0.15) is 6.10 Å². The van der Waals surface area contributed by atoms with Gasteiger partial charge in [-0.1, -0.05) is 6.92 Å². The fraction of sp³-hybridized carbons (Fsp3) is 0.385. The van der Waals surface area contributed by atoms with Gasteiger partial charge < -0.3 is 20.9 Å². The molecule has 0 aromatic heterocycles. The summed E-state index contributed by atoms with van der Waals surface area (Å²) in [5.74, 6) is -1.33. The zero-order valence-electron chi connectivity index (χ0n) is 10.6. The predicted octanol–water partition coefficient (Wildman–Crippen LogP) is 1.33. The number of carbonyl (C=O) groups excluding carboxylic acids is 1. The normalized spacial score (nSPS) is 22.2. The lowest BCUT2D eigenvalue weighted by Crippen LogP contribution is -2.31. The van der Waals surface area contributed by atoms with Crippen molar-refractivity contribution in [2.75, 3.05) is 17.7 Å². The number of hydrogen-bond acceptors (Lipinski definition) is 4. The van der Waals surface area contributed by atoms with Gasteiger partial charge in [-0.3, -0.25) is 4.79 Å². The SMILES string of the molecule is CC1CCOC1C(=O)Nc1cc(N)ccc1C(=O)O. The van der Waals surface area contributed by atoms with Crippen molar-refractivity contribution in [2.45, 2.75) is 19.4 Å². The summed E-state index contributed by atoms with van der Waals surface area (Å²) in [6.45, 7) is 2.47. The van der Waals surface area contributed by atoms with E-state index < -0.39 is 12.1 Å². The average Bonchev–Trinajstić information content (AvgIpc) is 2.75. The van der Waals surface area contributed by atoms with E-state index in [-0.39, 0.29) is 23.1 Å². The van der Waals surface area contributed by atoms with E-state index in [9.17, 15) is 9.59 Å². The van der Waals surface area contributed by atoms with Gasteiger partial charge in [0.25, 0.3) is 5.91 Å². The van der Waals surface area contributed by atoms with Gasteiger partial charge in [0.15, 0.2) is 0 Å². The Bertz CT molecular complexity index is 515. The lowest BCUT2D eigenvalue weighted by atomic mass is 10.0. The third-order valence-electron chi connectivity index (χ3n) is 3.18. The minimum atomic E-state index is -1.12. The third-order valence-corrected chi connectivity index (χ3v) is 3.18. The highest BCUT2D eigenvalue weighted by atomic mass is 16.5. The van der Waals surface area contributed by atoms with Gasteiger partial charge in [0.2, 0.25) is 0 Å². The van der Waals surface area contributed by atoms with Gasteiger partial charge >= 0.3 is 5.97 Å². The molecule has 1 fully saturated rings. The van der Waals surface area contributed by atoms with Crippen molar-refractivity contribution < 1.29 is 19.4 Å². The minimum absolute atomic E-state index is 0.00759. The topological polar surface area (TPSA) is 102 Å². The number of benzene rings is 1. The van der Waals surface area contributed by atoms with E-state index in [1.165, 1.54) is 18.2 Å². The molecule has 0 radical (unpaired) electrons. The highest BCUT2D eigenvalue weighted by molar-refractivity contribution is 6.02. The van der Waals surface area contributed by atoms with Crippen LogP contribution in [0, 0.1) is 5.92 Å². The summed E-state index contributed by atoms with van der Waals surface area (Å²) in [5.41, 5.74) is 6.20. The Morgan fingerprint density at radius 3 is 2.79 bits per heavy atom. The summed E-state index contributed by atoms with van der Waals surface area (Å²) in [4.78, 5) is 23.1. The highest BCUT2D eigenvalue weighted by Gasteiger charge is 2.31. The third kappa shape index (κ3) is 2.85. The predicted molar refractivity (Wildman–Crippen MR) is 70.0 cm³/mol. The second kappa shape index (κ2) is 5.27. The van der Waals surface area contributed by atoms with E-state index in [0.29, 0.717) is 12.3 Å². The summed E-state index contributed by atoms with van der Waals surface area (Å²) in [6.07, 6.45) is 0.281. The molecule has 0 aliphatic carbocycles. The zero-order valence-corrected chi connectivity index (χ0v) is 10.6. The number of hydrogen-bond donors (Lipinski definition) is 3. The molecule has 1 saturated heterocycles. The van der Waals surface area contributed by atoms with Crippen LogP contribution >= 0.6 is 0 Å². The first-order valence-corrected chi connectivity index (χ1v) is 6.04. The van der Waals surface area contributed by atoms with E-state index in [1.807, 2.05) is 6.92 Å². The largest absolute Gasteiger partial charge is 0.478 e. The standard InChI is InChI=1S/C13H16N2O4/c1-7-4-5-19-11(7)12(16)15-10-6-8(14)2-3-9(10)13(17)18/h2-3,6-7,11H,4-5,14H2,1H3,(H,15,16)(H,17,18). The van der Waals surface area contributed by atoms with E-state index in [0.717, 1.165) is 6.42 Å². The molecule has 1 aliphatic rings. The summed E-state index contributed by atoms with van der Waals surface area (Å²) >= 11 is 0. The fourth-order valence-electron chi connectivity index (χ4n) is 2.09. The molecule has 6 nitrogen and oxygen atoms in total. The quantitative estimate of drug-likeness (QED) is 0.715. The summed E-state index contributed by atoms with van der Waals surface area (Å²) < 4.78 is 5.34. The fourth-order valence-corrected chi connectivity index (χ4v) is 2.09. The summed E-state index contributed by atoms with van der Waals surface area (Å²) in [7, 11) is 0. The molecular weight excluding hydrogens is 248 g/mol. The number of amides is 1. The Hall–Kier alpha value is -2.08. The molecule has 0 saturated carbocycles. The number of aromatic carboxylic acids is 1. The molecule has 6 heteroatoms. The van der Waals surface area contributed by atoms with Crippen molar-refractivity contribution in [1.82, 2.24) is 0 Å². The van der Waals surface area contributed by atoms with Gasteiger partial charge in [0.05, 0.1) is 11.3 Å². The van der Waals surface area contributed by atoms with Crippen LogP contribution in [0.5, 0.6) is 0 Å². The van der Waals surface area contributed by atoms with Crippen molar-refractivity contribution in [3.8, 4) is 0 Å². The van der Waals surface area contributed by atoms with E-state index >= 15 is 0 Å². The molecule has 2 unspecified atom stereocenters. The first-order valence-electron chi connectivity index (χ1n) is 6.04. The maximum absolute atomic E-state index is 12.0. The van der Waals surface area contributed by atoms with Crippen LogP contribution < -0.4 is 11.1 Å². The number of nitrogens with one attached hydrogen (secondary N) is 1. The number of carboxylic acids is 1. The average molecular weight is 264 g/mol. The van der Waals surface area contributed by atoms with Crippen LogP contribution in [0.3, 0.4) is 0 Å². The molecule has 102 valence electrons. The lowest BCUT2D eigenvalue weighted by Gasteiger charge is -2.15. The molecule has 2 atom stereocenters. The summed E-state index contributed by atoms with van der Waals surface area (Å²) in [5, 5.41) is 11.6.